The van der Waals surface area contributed by atoms with Crippen molar-refractivity contribution >= 4 is 32.7 Å². The molecule has 1 aliphatic carbocycles. The second-order valence-electron chi connectivity index (χ2n) is 13.6. The van der Waals surface area contributed by atoms with Gasteiger partial charge in [0, 0.05) is 38.3 Å². The first-order valence-electron chi connectivity index (χ1n) is 17.0. The Labute approximate surface area is 289 Å². The molecule has 0 fully saturated rings. The minimum atomic E-state index is -0.215. The zero-order valence-electron chi connectivity index (χ0n) is 27.7. The topological polar surface area (TPSA) is 51.8 Å². The average molecular weight is 642 g/mol. The van der Waals surface area contributed by atoms with E-state index in [0.29, 0.717) is 17.5 Å². The lowest BCUT2D eigenvalue weighted by Crippen LogP contribution is -2.15. The van der Waals surface area contributed by atoms with Crippen molar-refractivity contribution in [1.29, 1.82) is 0 Å². The summed E-state index contributed by atoms with van der Waals surface area (Å²) in [6.07, 6.45) is 0. The Morgan fingerprint density at radius 2 is 0.980 bits per heavy atom. The standard InChI is InChI=1S/C46H31N3O/c1-46(2)37-20-12-11-19-35(37)39-33-17-9-10-18-34(33)42-40(41(39)46)36-27-32(25-26-38(36)50-42)45-48-43(30-15-7-4-8-16-30)47-44(49-45)31-23-21-29(22-24-31)28-13-5-3-6-14-28/h3-27H,1-2H3. The molecule has 50 heavy (non-hydrogen) atoms. The highest BCUT2D eigenvalue weighted by atomic mass is 16.3. The van der Waals surface area contributed by atoms with E-state index >= 15 is 0 Å². The summed E-state index contributed by atoms with van der Waals surface area (Å²) in [5, 5.41) is 4.57. The number of fused-ring (bicyclic) bond motifs is 10. The van der Waals surface area contributed by atoms with Gasteiger partial charge in [-0.3, -0.25) is 0 Å². The number of nitrogens with zero attached hydrogens (tertiary/aromatic N) is 3. The second-order valence-corrected chi connectivity index (χ2v) is 13.6. The smallest absolute Gasteiger partial charge is 0.164 e. The average Bonchev–Trinajstić information content (AvgIpc) is 3.67. The van der Waals surface area contributed by atoms with Gasteiger partial charge in [-0.05, 0) is 57.0 Å². The summed E-state index contributed by atoms with van der Waals surface area (Å²) >= 11 is 0. The highest BCUT2D eigenvalue weighted by Gasteiger charge is 2.39. The van der Waals surface area contributed by atoms with Crippen LogP contribution in [-0.4, -0.2) is 15.0 Å². The van der Waals surface area contributed by atoms with Gasteiger partial charge in [0.1, 0.15) is 11.2 Å². The summed E-state index contributed by atoms with van der Waals surface area (Å²) in [6.45, 7) is 4.67. The molecule has 2 aromatic heterocycles. The minimum Gasteiger partial charge on any atom is -0.455 e. The van der Waals surface area contributed by atoms with E-state index in [1.807, 2.05) is 36.4 Å². The van der Waals surface area contributed by atoms with Gasteiger partial charge in [-0.25, -0.2) is 15.0 Å². The molecule has 4 nitrogen and oxygen atoms in total. The third-order valence-corrected chi connectivity index (χ3v) is 10.3. The van der Waals surface area contributed by atoms with Crippen molar-refractivity contribution in [2.24, 2.45) is 0 Å². The van der Waals surface area contributed by atoms with Crippen molar-refractivity contribution in [1.82, 2.24) is 15.0 Å². The fourth-order valence-corrected chi connectivity index (χ4v) is 7.91. The predicted octanol–water partition coefficient (Wildman–Crippen LogP) is 11.9. The van der Waals surface area contributed by atoms with Crippen LogP contribution in [0.2, 0.25) is 0 Å². The predicted molar refractivity (Wildman–Crippen MR) is 204 cm³/mol. The lowest BCUT2D eigenvalue weighted by Gasteiger charge is -2.22. The van der Waals surface area contributed by atoms with Gasteiger partial charge in [-0.2, -0.15) is 0 Å². The first kappa shape index (κ1) is 28.6. The monoisotopic (exact) mass is 641 g/mol. The molecule has 0 bridgehead atoms. The van der Waals surface area contributed by atoms with Crippen molar-refractivity contribution in [3.8, 4) is 56.4 Å². The van der Waals surface area contributed by atoms with Crippen LogP contribution in [0.1, 0.15) is 25.0 Å². The van der Waals surface area contributed by atoms with Crippen molar-refractivity contribution in [2.75, 3.05) is 0 Å². The summed E-state index contributed by atoms with van der Waals surface area (Å²) in [5.74, 6) is 1.89. The van der Waals surface area contributed by atoms with Crippen molar-refractivity contribution in [3.05, 3.63) is 163 Å². The van der Waals surface area contributed by atoms with Crippen LogP contribution in [0.3, 0.4) is 0 Å². The van der Waals surface area contributed by atoms with E-state index in [9.17, 15) is 0 Å². The van der Waals surface area contributed by atoms with Crippen LogP contribution in [0.25, 0.3) is 89.1 Å². The van der Waals surface area contributed by atoms with Crippen LogP contribution >= 0.6 is 0 Å². The van der Waals surface area contributed by atoms with Crippen LogP contribution in [0.4, 0.5) is 0 Å². The molecule has 0 unspecified atom stereocenters. The number of rotatable bonds is 4. The maximum Gasteiger partial charge on any atom is 0.164 e. The Balaban J connectivity index is 1.20. The zero-order chi connectivity index (χ0) is 33.4. The molecule has 0 spiro atoms. The van der Waals surface area contributed by atoms with E-state index in [1.54, 1.807) is 0 Å². The van der Waals surface area contributed by atoms with Gasteiger partial charge in [0.05, 0.1) is 0 Å². The van der Waals surface area contributed by atoms with Crippen LogP contribution in [0.15, 0.2) is 156 Å². The highest BCUT2D eigenvalue weighted by Crippen LogP contribution is 2.56. The van der Waals surface area contributed by atoms with Gasteiger partial charge < -0.3 is 4.42 Å². The molecule has 0 saturated heterocycles. The molecule has 0 N–H and O–H groups in total. The molecule has 4 heteroatoms. The Morgan fingerprint density at radius 3 is 1.70 bits per heavy atom. The van der Waals surface area contributed by atoms with E-state index < -0.39 is 0 Å². The summed E-state index contributed by atoms with van der Waals surface area (Å²) in [6, 6.07) is 52.8. The largest absolute Gasteiger partial charge is 0.455 e. The molecule has 0 aliphatic heterocycles. The maximum atomic E-state index is 6.75. The van der Waals surface area contributed by atoms with Gasteiger partial charge >= 0.3 is 0 Å². The van der Waals surface area contributed by atoms with Crippen molar-refractivity contribution in [2.45, 2.75) is 19.3 Å². The number of furan rings is 1. The summed E-state index contributed by atoms with van der Waals surface area (Å²) in [4.78, 5) is 15.2. The Bertz CT molecular complexity index is 2760. The normalized spacial score (nSPS) is 13.2. The van der Waals surface area contributed by atoms with Gasteiger partial charge in [0.2, 0.25) is 0 Å². The lowest BCUT2D eigenvalue weighted by molar-refractivity contribution is 0.659. The third kappa shape index (κ3) is 4.28. The zero-order valence-corrected chi connectivity index (χ0v) is 27.7. The molecule has 2 heterocycles. The number of aromatic nitrogens is 3. The van der Waals surface area contributed by atoms with Gasteiger partial charge in [-0.1, -0.05) is 147 Å². The SMILES string of the molecule is CC1(C)c2ccccc2-c2c1c1c3cc(-c4nc(-c5ccccc5)nc(-c5ccc(-c6ccccc6)cc5)n4)ccc3oc1c1ccccc21. The summed E-state index contributed by atoms with van der Waals surface area (Å²) in [7, 11) is 0. The second kappa shape index (κ2) is 10.8. The summed E-state index contributed by atoms with van der Waals surface area (Å²) in [5.41, 5.74) is 11.9. The first-order chi connectivity index (χ1) is 24.5. The Morgan fingerprint density at radius 1 is 0.460 bits per heavy atom. The van der Waals surface area contributed by atoms with E-state index in [0.717, 1.165) is 49.6 Å². The van der Waals surface area contributed by atoms with Gasteiger partial charge in [0.25, 0.3) is 0 Å². The molecular weight excluding hydrogens is 611 g/mol. The first-order valence-corrected chi connectivity index (χ1v) is 17.0. The third-order valence-electron chi connectivity index (χ3n) is 10.3. The molecule has 0 saturated carbocycles. The minimum absolute atomic E-state index is 0.215. The molecule has 7 aromatic carbocycles. The number of hydrogen-bond donors (Lipinski definition) is 0. The molecule has 0 atom stereocenters. The van der Waals surface area contributed by atoms with E-state index in [1.165, 1.54) is 33.2 Å². The molecule has 0 radical (unpaired) electrons. The molecular formula is C46H31N3O. The fraction of sp³-hybridized carbons (Fsp3) is 0.0652. The van der Waals surface area contributed by atoms with Crippen molar-refractivity contribution < 1.29 is 4.42 Å². The Hall–Kier alpha value is -6.39. The van der Waals surface area contributed by atoms with E-state index in [2.05, 4.69) is 129 Å². The fourth-order valence-electron chi connectivity index (χ4n) is 7.91. The van der Waals surface area contributed by atoms with Crippen LogP contribution in [-0.2, 0) is 5.41 Å². The van der Waals surface area contributed by atoms with Crippen LogP contribution < -0.4 is 0 Å². The molecule has 10 rings (SSSR count). The molecule has 0 amide bonds. The maximum absolute atomic E-state index is 6.75. The van der Waals surface area contributed by atoms with E-state index in [-0.39, 0.29) is 5.41 Å². The molecule has 9 aromatic rings. The molecule has 236 valence electrons. The number of hydrogen-bond acceptors (Lipinski definition) is 4. The van der Waals surface area contributed by atoms with E-state index in [4.69, 9.17) is 19.4 Å². The van der Waals surface area contributed by atoms with Crippen LogP contribution in [0, 0.1) is 0 Å². The summed E-state index contributed by atoms with van der Waals surface area (Å²) < 4.78 is 6.75. The molecule has 1 aliphatic rings. The lowest BCUT2D eigenvalue weighted by atomic mass is 9.79. The van der Waals surface area contributed by atoms with Gasteiger partial charge in [-0.15, -0.1) is 0 Å². The van der Waals surface area contributed by atoms with Crippen LogP contribution in [0.5, 0.6) is 0 Å². The Kier molecular flexibility index (Phi) is 6.19. The number of benzene rings is 7. The quantitative estimate of drug-likeness (QED) is 0.192. The van der Waals surface area contributed by atoms with Gasteiger partial charge in [0.15, 0.2) is 17.5 Å². The van der Waals surface area contributed by atoms with Crippen molar-refractivity contribution in [3.63, 3.8) is 0 Å². The highest BCUT2D eigenvalue weighted by molar-refractivity contribution is 6.23.